The van der Waals surface area contributed by atoms with Gasteiger partial charge in [-0.1, -0.05) is 90.9 Å². The zero-order chi connectivity index (χ0) is 16.3. The normalized spacial score (nSPS) is 11.2. The van der Waals surface area contributed by atoms with Gasteiger partial charge >= 0.3 is 0 Å². The van der Waals surface area contributed by atoms with E-state index in [9.17, 15) is 4.79 Å². The van der Waals surface area contributed by atoms with E-state index in [-0.39, 0.29) is 0 Å². The Morgan fingerprint density at radius 1 is 0.727 bits per heavy atom. The van der Waals surface area contributed by atoms with Gasteiger partial charge in [0.25, 0.3) is 0 Å². The molecule has 0 aromatic rings. The molecular formula is C20H40OS. The maximum atomic E-state index is 10.5. The highest BCUT2D eigenvalue weighted by Crippen LogP contribution is 2.22. The van der Waals surface area contributed by atoms with E-state index in [1.54, 1.807) is 0 Å². The van der Waals surface area contributed by atoms with Gasteiger partial charge in [0.1, 0.15) is 6.29 Å². The van der Waals surface area contributed by atoms with E-state index < -0.39 is 0 Å². The largest absolute Gasteiger partial charge is 0.302 e. The highest BCUT2D eigenvalue weighted by Gasteiger charge is 2.08. The Kier molecular flexibility index (Phi) is 19.1. The van der Waals surface area contributed by atoms with Crippen molar-refractivity contribution in [1.82, 2.24) is 0 Å². The van der Waals surface area contributed by atoms with Crippen LogP contribution in [0.1, 0.15) is 104 Å². The molecule has 0 saturated carbocycles. The molecule has 0 N–H and O–H groups in total. The average Bonchev–Trinajstić information content (AvgIpc) is 2.53. The van der Waals surface area contributed by atoms with Crippen molar-refractivity contribution in [3.05, 3.63) is 0 Å². The number of rotatable bonds is 18. The third kappa shape index (κ3) is 16.4. The third-order valence-electron chi connectivity index (χ3n) is 4.47. The quantitative estimate of drug-likeness (QED) is 0.198. The van der Waals surface area contributed by atoms with Gasteiger partial charge in [-0.25, -0.2) is 0 Å². The molecule has 0 bridgehead atoms. The van der Waals surface area contributed by atoms with Crippen molar-refractivity contribution < 1.29 is 4.79 Å². The number of unbranched alkanes of at least 4 members (excludes halogenated alkanes) is 10. The number of aldehydes is 1. The van der Waals surface area contributed by atoms with E-state index in [4.69, 9.17) is 0 Å². The lowest BCUT2D eigenvalue weighted by atomic mass is 9.95. The standard InChI is InChI=1S/C20H40OS/c1-3-5-7-9-11-13-15-20(19-22-18-17-21)16-14-12-10-8-6-4-2/h17,20H,3-16,18-19H2,1-2H3. The van der Waals surface area contributed by atoms with Crippen LogP contribution in [0.3, 0.4) is 0 Å². The highest BCUT2D eigenvalue weighted by atomic mass is 32.2. The minimum Gasteiger partial charge on any atom is -0.302 e. The van der Waals surface area contributed by atoms with Crippen LogP contribution in [0, 0.1) is 5.92 Å². The molecule has 132 valence electrons. The van der Waals surface area contributed by atoms with Gasteiger partial charge in [-0.05, 0) is 24.5 Å². The van der Waals surface area contributed by atoms with Crippen LogP contribution in [0.2, 0.25) is 0 Å². The number of hydrogen-bond acceptors (Lipinski definition) is 2. The first kappa shape index (κ1) is 22.0. The minimum absolute atomic E-state index is 0.684. The van der Waals surface area contributed by atoms with Crippen molar-refractivity contribution in [2.75, 3.05) is 11.5 Å². The summed E-state index contributed by atoms with van der Waals surface area (Å²) < 4.78 is 0. The molecule has 0 amide bonds. The second kappa shape index (κ2) is 19.1. The molecule has 0 aliphatic rings. The van der Waals surface area contributed by atoms with Crippen LogP contribution >= 0.6 is 11.8 Å². The zero-order valence-corrected chi connectivity index (χ0v) is 16.1. The Morgan fingerprint density at radius 3 is 1.64 bits per heavy atom. The Hall–Kier alpha value is 0.0200. The molecular weight excluding hydrogens is 288 g/mol. The van der Waals surface area contributed by atoms with Gasteiger partial charge in [0.05, 0.1) is 0 Å². The lowest BCUT2D eigenvalue weighted by molar-refractivity contribution is -0.105. The van der Waals surface area contributed by atoms with Crippen molar-refractivity contribution in [1.29, 1.82) is 0 Å². The van der Waals surface area contributed by atoms with E-state index in [1.165, 1.54) is 95.6 Å². The van der Waals surface area contributed by atoms with E-state index in [0.717, 1.165) is 12.2 Å². The van der Waals surface area contributed by atoms with Gasteiger partial charge in [-0.15, -0.1) is 0 Å². The SMILES string of the molecule is CCCCCCCCC(CCCCCCCC)CSCC=O. The Labute approximate surface area is 144 Å². The van der Waals surface area contributed by atoms with Crippen LogP contribution in [0.25, 0.3) is 0 Å². The zero-order valence-electron chi connectivity index (χ0n) is 15.3. The summed E-state index contributed by atoms with van der Waals surface area (Å²) in [6, 6.07) is 0. The second-order valence-corrected chi connectivity index (χ2v) is 7.76. The molecule has 0 aliphatic carbocycles. The van der Waals surface area contributed by atoms with Gasteiger partial charge in [0.2, 0.25) is 0 Å². The smallest absolute Gasteiger partial charge is 0.129 e. The Balaban J connectivity index is 3.67. The summed E-state index contributed by atoms with van der Waals surface area (Å²) in [6.07, 6.45) is 20.6. The van der Waals surface area contributed by atoms with Crippen LogP contribution < -0.4 is 0 Å². The molecule has 0 unspecified atom stereocenters. The van der Waals surface area contributed by atoms with E-state index in [1.807, 2.05) is 11.8 Å². The Morgan fingerprint density at radius 2 is 1.18 bits per heavy atom. The molecule has 0 radical (unpaired) electrons. The predicted octanol–water partition coefficient (Wildman–Crippen LogP) is 7.04. The monoisotopic (exact) mass is 328 g/mol. The summed E-state index contributed by atoms with van der Waals surface area (Å²) in [5, 5.41) is 0. The molecule has 0 aliphatic heterocycles. The van der Waals surface area contributed by atoms with Gasteiger partial charge in [-0.2, -0.15) is 11.8 Å². The fourth-order valence-electron chi connectivity index (χ4n) is 3.02. The van der Waals surface area contributed by atoms with E-state index >= 15 is 0 Å². The molecule has 2 heteroatoms. The number of hydrogen-bond donors (Lipinski definition) is 0. The fraction of sp³-hybridized carbons (Fsp3) is 0.950. The number of carbonyl (C=O) groups is 1. The van der Waals surface area contributed by atoms with Crippen molar-refractivity contribution in [3.63, 3.8) is 0 Å². The van der Waals surface area contributed by atoms with Crippen LogP contribution in [0.15, 0.2) is 0 Å². The molecule has 0 aromatic heterocycles. The first-order chi connectivity index (χ1) is 10.8. The van der Waals surface area contributed by atoms with Gasteiger partial charge in [-0.3, -0.25) is 0 Å². The average molecular weight is 329 g/mol. The molecule has 0 spiro atoms. The molecule has 0 rings (SSSR count). The molecule has 0 atom stereocenters. The number of thioether (sulfide) groups is 1. The van der Waals surface area contributed by atoms with Crippen LogP contribution in [0.5, 0.6) is 0 Å². The van der Waals surface area contributed by atoms with Gasteiger partial charge < -0.3 is 4.79 Å². The molecule has 1 nitrogen and oxygen atoms in total. The molecule has 0 aromatic carbocycles. The first-order valence-electron chi connectivity index (χ1n) is 9.86. The summed E-state index contributed by atoms with van der Waals surface area (Å²) in [4.78, 5) is 10.5. The highest BCUT2D eigenvalue weighted by molar-refractivity contribution is 7.99. The fourth-order valence-corrected chi connectivity index (χ4v) is 3.92. The van der Waals surface area contributed by atoms with Crippen LogP contribution in [-0.2, 0) is 4.79 Å². The van der Waals surface area contributed by atoms with E-state index in [0.29, 0.717) is 5.75 Å². The molecule has 0 heterocycles. The summed E-state index contributed by atoms with van der Waals surface area (Å²) >= 11 is 1.84. The minimum atomic E-state index is 0.684. The van der Waals surface area contributed by atoms with Crippen LogP contribution in [0.4, 0.5) is 0 Å². The van der Waals surface area contributed by atoms with Crippen molar-refractivity contribution >= 4 is 18.0 Å². The van der Waals surface area contributed by atoms with Gasteiger partial charge in [0, 0.05) is 5.75 Å². The first-order valence-corrected chi connectivity index (χ1v) is 11.0. The summed E-state index contributed by atoms with van der Waals surface area (Å²) in [6.45, 7) is 4.56. The predicted molar refractivity (Wildman–Crippen MR) is 103 cm³/mol. The summed E-state index contributed by atoms with van der Waals surface area (Å²) in [5.74, 6) is 2.73. The maximum absolute atomic E-state index is 10.5. The van der Waals surface area contributed by atoms with Crippen molar-refractivity contribution in [3.8, 4) is 0 Å². The van der Waals surface area contributed by atoms with Crippen LogP contribution in [-0.4, -0.2) is 17.8 Å². The summed E-state index contributed by atoms with van der Waals surface area (Å²) in [7, 11) is 0. The lowest BCUT2D eigenvalue weighted by Gasteiger charge is -2.16. The maximum Gasteiger partial charge on any atom is 0.129 e. The summed E-state index contributed by atoms with van der Waals surface area (Å²) in [5.41, 5.74) is 0. The molecule has 0 fully saturated rings. The number of carbonyl (C=O) groups excluding carboxylic acids is 1. The lowest BCUT2D eigenvalue weighted by Crippen LogP contribution is -2.05. The topological polar surface area (TPSA) is 17.1 Å². The second-order valence-electron chi connectivity index (χ2n) is 6.68. The molecule has 0 saturated heterocycles. The van der Waals surface area contributed by atoms with Crippen molar-refractivity contribution in [2.24, 2.45) is 5.92 Å². The third-order valence-corrected chi connectivity index (χ3v) is 5.55. The van der Waals surface area contributed by atoms with Crippen molar-refractivity contribution in [2.45, 2.75) is 104 Å². The van der Waals surface area contributed by atoms with E-state index in [2.05, 4.69) is 13.8 Å². The van der Waals surface area contributed by atoms with Gasteiger partial charge in [0.15, 0.2) is 0 Å². The Bertz CT molecular complexity index is 202. The molecule has 22 heavy (non-hydrogen) atoms.